The predicted octanol–water partition coefficient (Wildman–Crippen LogP) is 2.76. The summed E-state index contributed by atoms with van der Waals surface area (Å²) in [5.41, 5.74) is 8.83. The van der Waals surface area contributed by atoms with Crippen molar-refractivity contribution in [2.75, 3.05) is 4.90 Å². The lowest BCUT2D eigenvalue weighted by molar-refractivity contribution is -0.121. The van der Waals surface area contributed by atoms with E-state index in [0.717, 1.165) is 27.9 Å². The molecule has 0 saturated heterocycles. The summed E-state index contributed by atoms with van der Waals surface area (Å²) in [6.07, 6.45) is 3.85. The van der Waals surface area contributed by atoms with Crippen molar-refractivity contribution in [1.82, 2.24) is 15.2 Å². The Hall–Kier alpha value is -3.84. The van der Waals surface area contributed by atoms with Gasteiger partial charge in [0.1, 0.15) is 5.54 Å². The Morgan fingerprint density at radius 1 is 1.03 bits per heavy atom. The van der Waals surface area contributed by atoms with Crippen molar-refractivity contribution in [3.05, 3.63) is 94.2 Å². The lowest BCUT2D eigenvalue weighted by Gasteiger charge is -2.20. The first-order chi connectivity index (χ1) is 14.5. The number of anilines is 2. The van der Waals surface area contributed by atoms with E-state index in [1.54, 1.807) is 30.3 Å². The predicted molar refractivity (Wildman–Crippen MR) is 115 cm³/mol. The summed E-state index contributed by atoms with van der Waals surface area (Å²) in [6.45, 7) is 1.72. The van der Waals surface area contributed by atoms with Gasteiger partial charge in [-0.3, -0.25) is 19.5 Å². The monoisotopic (exact) mass is 397 g/mol. The van der Waals surface area contributed by atoms with Crippen LogP contribution in [-0.4, -0.2) is 21.1 Å². The first-order valence-electron chi connectivity index (χ1n) is 9.60. The highest BCUT2D eigenvalue weighted by Gasteiger charge is 2.45. The molecule has 148 valence electrons. The summed E-state index contributed by atoms with van der Waals surface area (Å²) in [4.78, 5) is 31.1. The van der Waals surface area contributed by atoms with E-state index in [1.807, 2.05) is 48.5 Å². The van der Waals surface area contributed by atoms with E-state index < -0.39 is 5.54 Å². The Labute approximate surface area is 172 Å². The second-order valence-electron chi connectivity index (χ2n) is 7.63. The van der Waals surface area contributed by atoms with Gasteiger partial charge < -0.3 is 5.73 Å². The molecule has 0 saturated carbocycles. The van der Waals surface area contributed by atoms with Crippen molar-refractivity contribution in [3.63, 3.8) is 0 Å². The zero-order valence-electron chi connectivity index (χ0n) is 16.3. The number of aromatic nitrogens is 3. The van der Waals surface area contributed by atoms with Crippen molar-refractivity contribution in [3.8, 4) is 0 Å². The van der Waals surface area contributed by atoms with Gasteiger partial charge >= 0.3 is 0 Å². The summed E-state index contributed by atoms with van der Waals surface area (Å²) in [5, 5.41) is 8.18. The van der Waals surface area contributed by atoms with Crippen LogP contribution >= 0.6 is 0 Å². The van der Waals surface area contributed by atoms with Gasteiger partial charge in [0.15, 0.2) is 0 Å². The number of pyridine rings is 1. The molecule has 0 unspecified atom stereocenters. The summed E-state index contributed by atoms with van der Waals surface area (Å²) >= 11 is 0. The van der Waals surface area contributed by atoms with Gasteiger partial charge in [0, 0.05) is 23.6 Å². The maximum atomic E-state index is 13.1. The molecule has 2 aromatic carbocycles. The topological polar surface area (TPSA) is 105 Å². The number of H-pyrrole nitrogens is 1. The minimum atomic E-state index is -1.09. The van der Waals surface area contributed by atoms with Crippen molar-refractivity contribution in [1.29, 1.82) is 0 Å². The number of nitrogens with zero attached hydrogens (tertiary/aromatic N) is 3. The highest BCUT2D eigenvalue weighted by molar-refractivity contribution is 6.12. The van der Waals surface area contributed by atoms with Gasteiger partial charge in [-0.15, -0.1) is 0 Å². The first-order valence-corrected chi connectivity index (χ1v) is 9.60. The molecule has 0 aliphatic carbocycles. The molecular weight excluding hydrogens is 378 g/mol. The number of nitrogens with two attached hydrogens (primary N) is 1. The maximum Gasteiger partial charge on any atom is 0.272 e. The van der Waals surface area contributed by atoms with Gasteiger partial charge in [-0.1, -0.05) is 36.4 Å². The summed E-state index contributed by atoms with van der Waals surface area (Å²) in [7, 11) is 0. The number of hydrogen-bond donors (Lipinski definition) is 2. The fourth-order valence-electron chi connectivity index (χ4n) is 4.01. The van der Waals surface area contributed by atoms with Crippen LogP contribution < -0.4 is 16.2 Å². The molecule has 3 heterocycles. The highest BCUT2D eigenvalue weighted by Crippen LogP contribution is 2.42. The Morgan fingerprint density at radius 3 is 2.60 bits per heavy atom. The summed E-state index contributed by atoms with van der Waals surface area (Å²) in [6, 6.07) is 16.8. The van der Waals surface area contributed by atoms with Crippen molar-refractivity contribution in [2.45, 2.75) is 18.9 Å². The zero-order valence-corrected chi connectivity index (χ0v) is 16.3. The van der Waals surface area contributed by atoms with Crippen molar-refractivity contribution in [2.24, 2.45) is 5.73 Å². The SMILES string of the molecule is C[C@]1(N)C(=O)N(c2cncc(Cc3n[nH]c(=O)c4ccccc34)c2)c2ccccc21. The maximum absolute atomic E-state index is 13.1. The fourth-order valence-corrected chi connectivity index (χ4v) is 4.01. The number of aromatic amines is 1. The van der Waals surface area contributed by atoms with Crippen molar-refractivity contribution < 1.29 is 4.79 Å². The summed E-state index contributed by atoms with van der Waals surface area (Å²) in [5.74, 6) is -0.199. The van der Waals surface area contributed by atoms with Crippen LogP contribution in [0.3, 0.4) is 0 Å². The molecule has 2 aromatic heterocycles. The molecule has 1 atom stereocenters. The zero-order chi connectivity index (χ0) is 20.9. The molecule has 1 amide bonds. The van der Waals surface area contributed by atoms with Crippen LogP contribution in [-0.2, 0) is 16.8 Å². The lowest BCUT2D eigenvalue weighted by atomic mass is 9.95. The van der Waals surface area contributed by atoms with E-state index in [1.165, 1.54) is 0 Å². The average molecular weight is 397 g/mol. The molecule has 30 heavy (non-hydrogen) atoms. The number of amides is 1. The van der Waals surface area contributed by atoms with Crippen LogP contribution in [0.25, 0.3) is 10.8 Å². The van der Waals surface area contributed by atoms with Crippen LogP contribution in [0.1, 0.15) is 23.7 Å². The largest absolute Gasteiger partial charge is 0.314 e. The number of fused-ring (bicyclic) bond motifs is 2. The normalized spacial score (nSPS) is 18.1. The van der Waals surface area contributed by atoms with Gasteiger partial charge in [0.2, 0.25) is 0 Å². The third kappa shape index (κ3) is 2.71. The molecule has 0 spiro atoms. The second kappa shape index (κ2) is 6.60. The molecule has 3 N–H and O–H groups in total. The third-order valence-electron chi connectivity index (χ3n) is 5.54. The second-order valence-corrected chi connectivity index (χ2v) is 7.63. The molecule has 0 bridgehead atoms. The summed E-state index contributed by atoms with van der Waals surface area (Å²) < 4.78 is 0. The van der Waals surface area contributed by atoms with E-state index in [-0.39, 0.29) is 11.5 Å². The van der Waals surface area contributed by atoms with Crippen molar-refractivity contribution >= 4 is 28.1 Å². The van der Waals surface area contributed by atoms with Crippen LogP contribution in [0.2, 0.25) is 0 Å². The van der Waals surface area contributed by atoms with Gasteiger partial charge in [-0.2, -0.15) is 5.10 Å². The smallest absolute Gasteiger partial charge is 0.272 e. The number of benzene rings is 2. The van der Waals surface area contributed by atoms with E-state index in [4.69, 9.17) is 5.73 Å². The number of hydrogen-bond acceptors (Lipinski definition) is 5. The quantitative estimate of drug-likeness (QED) is 0.553. The van der Waals surface area contributed by atoms with Crippen LogP contribution in [0.5, 0.6) is 0 Å². The molecule has 1 aliphatic rings. The van der Waals surface area contributed by atoms with E-state index in [0.29, 0.717) is 17.5 Å². The Morgan fingerprint density at radius 2 is 1.77 bits per heavy atom. The number of para-hydroxylation sites is 1. The molecule has 0 fully saturated rings. The number of carbonyl (C=O) groups is 1. The fraction of sp³-hybridized carbons (Fsp3) is 0.130. The molecule has 0 radical (unpaired) electrons. The van der Waals surface area contributed by atoms with E-state index >= 15 is 0 Å². The average Bonchev–Trinajstić information content (AvgIpc) is 2.96. The molecule has 7 nitrogen and oxygen atoms in total. The van der Waals surface area contributed by atoms with E-state index in [2.05, 4.69) is 15.2 Å². The third-order valence-corrected chi connectivity index (χ3v) is 5.54. The van der Waals surface area contributed by atoms with Gasteiger partial charge in [-0.25, -0.2) is 5.10 Å². The Balaban J connectivity index is 1.56. The standard InChI is InChI=1S/C23H19N5O2/c1-23(24)18-8-4-5-9-20(18)28(22(23)30)15-10-14(12-25-13-15)11-19-16-6-2-3-7-17(16)21(29)27-26-19/h2-10,12-13H,11,24H2,1H3,(H,27,29)/t23-/m1/s1. The number of carbonyl (C=O) groups excluding carboxylic acids is 1. The van der Waals surface area contributed by atoms with Gasteiger partial charge in [0.05, 0.1) is 28.7 Å². The van der Waals surface area contributed by atoms with Crippen LogP contribution in [0, 0.1) is 0 Å². The first kappa shape index (κ1) is 18.2. The lowest BCUT2D eigenvalue weighted by Crippen LogP contribution is -2.43. The minimum absolute atomic E-state index is 0.199. The minimum Gasteiger partial charge on any atom is -0.314 e. The molecule has 7 heteroatoms. The molecule has 4 aromatic rings. The van der Waals surface area contributed by atoms with Crippen LogP contribution in [0.15, 0.2) is 71.8 Å². The van der Waals surface area contributed by atoms with Gasteiger partial charge in [0.25, 0.3) is 11.5 Å². The Bertz CT molecular complexity index is 1360. The van der Waals surface area contributed by atoms with Crippen LogP contribution in [0.4, 0.5) is 11.4 Å². The molecular formula is C23H19N5O2. The Kier molecular flexibility index (Phi) is 4.01. The highest BCUT2D eigenvalue weighted by atomic mass is 16.2. The number of nitrogens with one attached hydrogen (secondary N) is 1. The van der Waals surface area contributed by atoms with E-state index in [9.17, 15) is 9.59 Å². The molecule has 5 rings (SSSR count). The van der Waals surface area contributed by atoms with Gasteiger partial charge in [-0.05, 0) is 30.7 Å². The number of rotatable bonds is 3. The molecule has 1 aliphatic heterocycles.